The van der Waals surface area contributed by atoms with E-state index in [1.165, 1.54) is 6.07 Å². The number of hydrogen-bond donors (Lipinski definition) is 1. The van der Waals surface area contributed by atoms with Gasteiger partial charge in [0, 0.05) is 31.3 Å². The van der Waals surface area contributed by atoms with Crippen molar-refractivity contribution in [3.63, 3.8) is 0 Å². The van der Waals surface area contributed by atoms with Crippen molar-refractivity contribution in [2.45, 2.75) is 26.4 Å². The van der Waals surface area contributed by atoms with Gasteiger partial charge in [0.1, 0.15) is 0 Å². The van der Waals surface area contributed by atoms with E-state index in [2.05, 4.69) is 24.1 Å². The van der Waals surface area contributed by atoms with Gasteiger partial charge < -0.3 is 10.1 Å². The number of rotatable bonds is 5. The molecule has 0 unspecified atom stereocenters. The van der Waals surface area contributed by atoms with Crippen LogP contribution < -0.4 is 5.32 Å². The molecule has 0 bridgehead atoms. The van der Waals surface area contributed by atoms with Gasteiger partial charge in [0.05, 0.1) is 11.0 Å². The van der Waals surface area contributed by atoms with Crippen LogP contribution in [-0.2, 0) is 4.74 Å². The second kappa shape index (κ2) is 5.97. The Labute approximate surface area is 112 Å². The number of aromatic nitrogens is 1. The van der Waals surface area contributed by atoms with Crippen LogP contribution in [0.1, 0.15) is 20.3 Å². The Morgan fingerprint density at radius 1 is 1.63 bits per heavy atom. The minimum atomic E-state index is -0.416. The molecule has 6 nitrogen and oxygen atoms in total. The fraction of sp³-hybridized carbons (Fsp3) is 0.615. The summed E-state index contributed by atoms with van der Waals surface area (Å²) in [7, 11) is 0. The largest absolute Gasteiger partial charge is 0.378 e. The first kappa shape index (κ1) is 13.7. The first-order valence-corrected chi connectivity index (χ1v) is 6.54. The lowest BCUT2D eigenvalue weighted by atomic mass is 9.93. The standard InChI is InChI=1S/C13H19N3O3/c1-9(2)12-10(5-7-19-12)8-15-13-11(16(17)18)4-3-6-14-13/h3-4,6,9-10,12H,5,7-8H2,1-2H3,(H,14,15)/t10-,12+/m0/s1. The zero-order valence-corrected chi connectivity index (χ0v) is 11.2. The Morgan fingerprint density at radius 2 is 2.42 bits per heavy atom. The smallest absolute Gasteiger partial charge is 0.311 e. The van der Waals surface area contributed by atoms with Gasteiger partial charge in [-0.2, -0.15) is 0 Å². The Bertz CT molecular complexity index is 451. The maximum atomic E-state index is 10.9. The molecule has 1 fully saturated rings. The second-order valence-corrected chi connectivity index (χ2v) is 5.14. The van der Waals surface area contributed by atoms with Gasteiger partial charge in [0.2, 0.25) is 5.82 Å². The molecule has 1 aliphatic rings. The Morgan fingerprint density at radius 3 is 3.11 bits per heavy atom. The Kier molecular flexibility index (Phi) is 4.31. The summed E-state index contributed by atoms with van der Waals surface area (Å²) in [5.74, 6) is 1.16. The number of nitrogens with zero attached hydrogens (tertiary/aromatic N) is 2. The van der Waals surface area contributed by atoms with Gasteiger partial charge in [-0.15, -0.1) is 0 Å². The SMILES string of the molecule is CC(C)[C@H]1OCC[C@H]1CNc1ncccc1[N+](=O)[O-]. The molecule has 1 aromatic rings. The van der Waals surface area contributed by atoms with Gasteiger partial charge in [-0.05, 0) is 18.4 Å². The molecule has 1 saturated heterocycles. The zero-order chi connectivity index (χ0) is 13.8. The molecule has 1 N–H and O–H groups in total. The van der Waals surface area contributed by atoms with Crippen LogP contribution in [0.3, 0.4) is 0 Å². The molecule has 2 atom stereocenters. The van der Waals surface area contributed by atoms with E-state index in [9.17, 15) is 10.1 Å². The predicted molar refractivity (Wildman–Crippen MR) is 72.1 cm³/mol. The molecule has 19 heavy (non-hydrogen) atoms. The van der Waals surface area contributed by atoms with E-state index in [-0.39, 0.29) is 11.8 Å². The quantitative estimate of drug-likeness (QED) is 0.653. The monoisotopic (exact) mass is 265 g/mol. The molecule has 6 heteroatoms. The topological polar surface area (TPSA) is 77.3 Å². The molecular formula is C13H19N3O3. The van der Waals surface area contributed by atoms with Crippen molar-refractivity contribution >= 4 is 11.5 Å². The molecular weight excluding hydrogens is 246 g/mol. The summed E-state index contributed by atoms with van der Waals surface area (Å²) in [5.41, 5.74) is 0.0162. The zero-order valence-electron chi connectivity index (χ0n) is 11.2. The van der Waals surface area contributed by atoms with Gasteiger partial charge >= 0.3 is 5.69 Å². The number of ether oxygens (including phenoxy) is 1. The summed E-state index contributed by atoms with van der Waals surface area (Å²) >= 11 is 0. The van der Waals surface area contributed by atoms with E-state index in [4.69, 9.17) is 4.74 Å². The first-order valence-electron chi connectivity index (χ1n) is 6.54. The second-order valence-electron chi connectivity index (χ2n) is 5.14. The highest BCUT2D eigenvalue weighted by atomic mass is 16.6. The summed E-state index contributed by atoms with van der Waals surface area (Å²) in [6, 6.07) is 3.03. The van der Waals surface area contributed by atoms with E-state index in [0.29, 0.717) is 24.2 Å². The maximum Gasteiger partial charge on any atom is 0.311 e. The number of nitro groups is 1. The molecule has 0 amide bonds. The van der Waals surface area contributed by atoms with Gasteiger partial charge in [-0.3, -0.25) is 10.1 Å². The average molecular weight is 265 g/mol. The van der Waals surface area contributed by atoms with Crippen LogP contribution in [0.4, 0.5) is 11.5 Å². The first-order chi connectivity index (χ1) is 9.09. The summed E-state index contributed by atoms with van der Waals surface area (Å²) in [6.07, 6.45) is 2.76. The van der Waals surface area contributed by atoms with Crippen LogP contribution in [-0.4, -0.2) is 29.2 Å². The molecule has 0 spiro atoms. The average Bonchev–Trinajstić information content (AvgIpc) is 2.85. The number of nitrogens with one attached hydrogen (secondary N) is 1. The van der Waals surface area contributed by atoms with Crippen molar-refractivity contribution in [2.24, 2.45) is 11.8 Å². The van der Waals surface area contributed by atoms with Crippen molar-refractivity contribution in [3.8, 4) is 0 Å². The number of pyridine rings is 1. The lowest BCUT2D eigenvalue weighted by Gasteiger charge is -2.22. The molecule has 0 aromatic carbocycles. The van der Waals surface area contributed by atoms with E-state index in [1.54, 1.807) is 12.3 Å². The summed E-state index contributed by atoms with van der Waals surface area (Å²) in [4.78, 5) is 14.5. The normalized spacial score (nSPS) is 22.7. The third-order valence-electron chi connectivity index (χ3n) is 3.44. The van der Waals surface area contributed by atoms with Gasteiger partial charge in [0.15, 0.2) is 0 Å². The summed E-state index contributed by atoms with van der Waals surface area (Å²) < 4.78 is 5.70. The molecule has 0 radical (unpaired) electrons. The predicted octanol–water partition coefficient (Wildman–Crippen LogP) is 2.46. The maximum absolute atomic E-state index is 10.9. The van der Waals surface area contributed by atoms with Crippen LogP contribution in [0.15, 0.2) is 18.3 Å². The third-order valence-corrected chi connectivity index (χ3v) is 3.44. The van der Waals surface area contributed by atoms with Crippen molar-refractivity contribution in [3.05, 3.63) is 28.4 Å². The highest BCUT2D eigenvalue weighted by molar-refractivity contribution is 5.55. The van der Waals surface area contributed by atoms with Gasteiger partial charge in [0.25, 0.3) is 0 Å². The van der Waals surface area contributed by atoms with Crippen molar-refractivity contribution in [1.82, 2.24) is 4.98 Å². The van der Waals surface area contributed by atoms with E-state index < -0.39 is 4.92 Å². The molecule has 1 aliphatic heterocycles. The minimum absolute atomic E-state index is 0.0162. The third kappa shape index (κ3) is 3.20. The van der Waals surface area contributed by atoms with Crippen LogP contribution >= 0.6 is 0 Å². The lowest BCUT2D eigenvalue weighted by Crippen LogP contribution is -2.28. The summed E-state index contributed by atoms with van der Waals surface area (Å²) in [6.45, 7) is 5.68. The molecule has 0 aliphatic carbocycles. The molecule has 2 rings (SSSR count). The molecule has 1 aromatic heterocycles. The molecule has 0 saturated carbocycles. The van der Waals surface area contributed by atoms with E-state index >= 15 is 0 Å². The van der Waals surface area contributed by atoms with E-state index in [0.717, 1.165) is 13.0 Å². The number of anilines is 1. The lowest BCUT2D eigenvalue weighted by molar-refractivity contribution is -0.384. The van der Waals surface area contributed by atoms with Crippen molar-refractivity contribution in [1.29, 1.82) is 0 Å². The Balaban J connectivity index is 2.01. The van der Waals surface area contributed by atoms with Gasteiger partial charge in [-0.1, -0.05) is 13.8 Å². The van der Waals surface area contributed by atoms with Crippen LogP contribution in [0.25, 0.3) is 0 Å². The van der Waals surface area contributed by atoms with Crippen molar-refractivity contribution < 1.29 is 9.66 Å². The van der Waals surface area contributed by atoms with E-state index in [1.807, 2.05) is 0 Å². The molecule has 2 heterocycles. The van der Waals surface area contributed by atoms with Crippen LogP contribution in [0.5, 0.6) is 0 Å². The summed E-state index contributed by atoms with van der Waals surface area (Å²) in [5, 5.41) is 14.0. The Hall–Kier alpha value is -1.69. The fourth-order valence-corrected chi connectivity index (χ4v) is 2.52. The minimum Gasteiger partial charge on any atom is -0.378 e. The number of hydrogen-bond acceptors (Lipinski definition) is 5. The van der Waals surface area contributed by atoms with Crippen LogP contribution in [0.2, 0.25) is 0 Å². The molecule has 104 valence electrons. The van der Waals surface area contributed by atoms with Crippen LogP contribution in [0, 0.1) is 22.0 Å². The van der Waals surface area contributed by atoms with Crippen molar-refractivity contribution in [2.75, 3.05) is 18.5 Å². The highest BCUT2D eigenvalue weighted by Gasteiger charge is 2.30. The highest BCUT2D eigenvalue weighted by Crippen LogP contribution is 2.28. The van der Waals surface area contributed by atoms with Gasteiger partial charge in [-0.25, -0.2) is 4.98 Å². The fourth-order valence-electron chi connectivity index (χ4n) is 2.52.